The number of carbonyl (C=O) groups is 1. The van der Waals surface area contributed by atoms with Crippen molar-refractivity contribution < 1.29 is 4.79 Å². The summed E-state index contributed by atoms with van der Waals surface area (Å²) in [5.41, 5.74) is 2.04. The minimum absolute atomic E-state index is 0.0641. The van der Waals surface area contributed by atoms with E-state index in [0.29, 0.717) is 12.1 Å². The summed E-state index contributed by atoms with van der Waals surface area (Å²) in [5, 5.41) is 4.67. The topological polar surface area (TPSA) is 53.4 Å². The van der Waals surface area contributed by atoms with Crippen LogP contribution in [0.4, 0.5) is 16.3 Å². The summed E-state index contributed by atoms with van der Waals surface area (Å²) < 4.78 is 1.77. The Labute approximate surface area is 178 Å². The normalized spacial score (nSPS) is 15.9. The molecule has 1 aliphatic heterocycles. The highest BCUT2D eigenvalue weighted by Gasteiger charge is 2.28. The lowest BCUT2D eigenvalue weighted by atomic mass is 10.0. The van der Waals surface area contributed by atoms with Crippen molar-refractivity contribution in [3.8, 4) is 0 Å². The van der Waals surface area contributed by atoms with E-state index < -0.39 is 0 Å². The molecule has 0 bridgehead atoms. The third-order valence-electron chi connectivity index (χ3n) is 6.22. The van der Waals surface area contributed by atoms with E-state index in [4.69, 9.17) is 0 Å². The SMILES string of the molecule is CCC(C)Nc1cccnc1N(C)C1CCN(C(=O)n2ccc3ccccc32)CC1. The molecule has 1 atom stereocenters. The second-order valence-corrected chi connectivity index (χ2v) is 8.18. The Morgan fingerprint density at radius 1 is 1.20 bits per heavy atom. The third-order valence-corrected chi connectivity index (χ3v) is 6.22. The highest BCUT2D eigenvalue weighted by molar-refractivity contribution is 5.91. The first-order valence-corrected chi connectivity index (χ1v) is 10.9. The van der Waals surface area contributed by atoms with Gasteiger partial charge in [-0.05, 0) is 50.5 Å². The molecule has 0 spiro atoms. The van der Waals surface area contributed by atoms with Gasteiger partial charge in [0.05, 0.1) is 11.2 Å². The number of para-hydroxylation sites is 1. The van der Waals surface area contributed by atoms with Crippen LogP contribution >= 0.6 is 0 Å². The first kappa shape index (κ1) is 20.3. The van der Waals surface area contributed by atoms with Crippen LogP contribution in [0.25, 0.3) is 10.9 Å². The molecule has 1 amide bonds. The second kappa shape index (κ2) is 8.78. The van der Waals surface area contributed by atoms with Crippen LogP contribution in [0, 0.1) is 0 Å². The molecule has 0 radical (unpaired) electrons. The summed E-state index contributed by atoms with van der Waals surface area (Å²) >= 11 is 0. The fourth-order valence-electron chi connectivity index (χ4n) is 4.18. The van der Waals surface area contributed by atoms with E-state index in [1.807, 2.05) is 53.7 Å². The van der Waals surface area contributed by atoms with Crippen LogP contribution in [0.1, 0.15) is 33.1 Å². The summed E-state index contributed by atoms with van der Waals surface area (Å²) in [6.07, 6.45) is 6.66. The van der Waals surface area contributed by atoms with Crippen molar-refractivity contribution in [2.24, 2.45) is 0 Å². The molecule has 6 nitrogen and oxygen atoms in total. The van der Waals surface area contributed by atoms with Crippen LogP contribution < -0.4 is 10.2 Å². The molecule has 1 unspecified atom stereocenters. The molecule has 0 saturated carbocycles. The van der Waals surface area contributed by atoms with Gasteiger partial charge in [-0.1, -0.05) is 25.1 Å². The van der Waals surface area contributed by atoms with Gasteiger partial charge in [0.1, 0.15) is 0 Å². The molecule has 3 aromatic rings. The highest BCUT2D eigenvalue weighted by Crippen LogP contribution is 2.28. The van der Waals surface area contributed by atoms with Crippen LogP contribution in [0.15, 0.2) is 54.9 Å². The van der Waals surface area contributed by atoms with Crippen LogP contribution in [-0.4, -0.2) is 52.7 Å². The zero-order valence-corrected chi connectivity index (χ0v) is 18.1. The largest absolute Gasteiger partial charge is 0.380 e. The zero-order chi connectivity index (χ0) is 21.1. The number of aromatic nitrogens is 2. The molecule has 3 heterocycles. The van der Waals surface area contributed by atoms with Gasteiger partial charge < -0.3 is 15.1 Å². The van der Waals surface area contributed by atoms with Gasteiger partial charge in [0.25, 0.3) is 0 Å². The summed E-state index contributed by atoms with van der Waals surface area (Å²) in [5.74, 6) is 0.985. The van der Waals surface area contributed by atoms with E-state index in [2.05, 4.69) is 42.2 Å². The van der Waals surface area contributed by atoms with Gasteiger partial charge in [-0.15, -0.1) is 0 Å². The van der Waals surface area contributed by atoms with Crippen LogP contribution in [0.3, 0.4) is 0 Å². The number of anilines is 2. The number of fused-ring (bicyclic) bond motifs is 1. The van der Waals surface area contributed by atoms with Crippen molar-refractivity contribution in [3.63, 3.8) is 0 Å². The van der Waals surface area contributed by atoms with Crippen molar-refractivity contribution >= 4 is 28.4 Å². The molecule has 158 valence electrons. The number of hydrogen-bond donors (Lipinski definition) is 1. The fraction of sp³-hybridized carbons (Fsp3) is 0.417. The Bertz CT molecular complexity index is 1010. The van der Waals surface area contributed by atoms with Crippen LogP contribution in [0.2, 0.25) is 0 Å². The van der Waals surface area contributed by atoms with E-state index in [1.54, 1.807) is 4.57 Å². The van der Waals surface area contributed by atoms with Gasteiger partial charge >= 0.3 is 6.03 Å². The number of amides is 1. The number of nitrogens with one attached hydrogen (secondary N) is 1. The molecule has 1 N–H and O–H groups in total. The predicted octanol–water partition coefficient (Wildman–Crippen LogP) is 4.82. The van der Waals surface area contributed by atoms with E-state index in [-0.39, 0.29) is 6.03 Å². The Kier molecular flexibility index (Phi) is 5.93. The molecular formula is C24H31N5O. The average Bonchev–Trinajstić information content (AvgIpc) is 3.22. The maximum absolute atomic E-state index is 13.1. The number of nitrogens with zero attached hydrogens (tertiary/aromatic N) is 4. The molecule has 30 heavy (non-hydrogen) atoms. The smallest absolute Gasteiger partial charge is 0.328 e. The van der Waals surface area contributed by atoms with Gasteiger partial charge in [-0.3, -0.25) is 4.57 Å². The van der Waals surface area contributed by atoms with E-state index >= 15 is 0 Å². The fourth-order valence-corrected chi connectivity index (χ4v) is 4.18. The molecule has 4 rings (SSSR count). The molecule has 0 aliphatic carbocycles. The lowest BCUT2D eigenvalue weighted by Gasteiger charge is -2.38. The number of rotatable bonds is 5. The Morgan fingerprint density at radius 3 is 2.73 bits per heavy atom. The monoisotopic (exact) mass is 405 g/mol. The van der Waals surface area contributed by atoms with E-state index in [1.165, 1.54) is 0 Å². The number of pyridine rings is 1. The van der Waals surface area contributed by atoms with Gasteiger partial charge in [0.15, 0.2) is 5.82 Å². The van der Waals surface area contributed by atoms with Crippen molar-refractivity contribution in [1.82, 2.24) is 14.5 Å². The van der Waals surface area contributed by atoms with Crippen molar-refractivity contribution in [2.75, 3.05) is 30.4 Å². The Balaban J connectivity index is 1.43. The van der Waals surface area contributed by atoms with Crippen LogP contribution in [0.5, 0.6) is 0 Å². The minimum atomic E-state index is 0.0641. The first-order valence-electron chi connectivity index (χ1n) is 10.9. The molecule has 2 aromatic heterocycles. The lowest BCUT2D eigenvalue weighted by molar-refractivity contribution is 0.183. The zero-order valence-electron chi connectivity index (χ0n) is 18.1. The number of benzene rings is 1. The van der Waals surface area contributed by atoms with Crippen molar-refractivity contribution in [1.29, 1.82) is 0 Å². The molecule has 1 aromatic carbocycles. The first-order chi connectivity index (χ1) is 14.6. The summed E-state index contributed by atoms with van der Waals surface area (Å²) in [7, 11) is 2.12. The van der Waals surface area contributed by atoms with Crippen LogP contribution in [-0.2, 0) is 0 Å². The average molecular weight is 406 g/mol. The lowest BCUT2D eigenvalue weighted by Crippen LogP contribution is -2.47. The van der Waals surface area contributed by atoms with Gasteiger partial charge in [-0.25, -0.2) is 9.78 Å². The summed E-state index contributed by atoms with van der Waals surface area (Å²) in [6.45, 7) is 5.87. The summed E-state index contributed by atoms with van der Waals surface area (Å²) in [6, 6.07) is 14.9. The summed E-state index contributed by atoms with van der Waals surface area (Å²) in [4.78, 5) is 22.0. The van der Waals surface area contributed by atoms with Gasteiger partial charge in [0.2, 0.25) is 0 Å². The second-order valence-electron chi connectivity index (χ2n) is 8.18. The molecule has 6 heteroatoms. The van der Waals surface area contributed by atoms with E-state index in [0.717, 1.165) is 54.8 Å². The maximum atomic E-state index is 13.1. The third kappa shape index (κ3) is 3.99. The maximum Gasteiger partial charge on any atom is 0.328 e. The Morgan fingerprint density at radius 2 is 1.97 bits per heavy atom. The number of carbonyl (C=O) groups excluding carboxylic acids is 1. The van der Waals surface area contributed by atoms with Crippen molar-refractivity contribution in [2.45, 2.75) is 45.2 Å². The minimum Gasteiger partial charge on any atom is -0.380 e. The quantitative estimate of drug-likeness (QED) is 0.661. The number of likely N-dealkylation sites (tertiary alicyclic amines) is 1. The standard InChI is InChI=1S/C24H31N5O/c1-4-18(2)26-21-9-7-14-25-23(21)27(3)20-12-15-28(16-13-20)24(30)29-17-11-19-8-5-6-10-22(19)29/h5-11,14,17-18,20,26H,4,12-13,15-16H2,1-3H3. The number of hydrogen-bond acceptors (Lipinski definition) is 4. The van der Waals surface area contributed by atoms with Gasteiger partial charge in [0, 0.05) is 50.0 Å². The Hall–Kier alpha value is -3.02. The molecule has 1 fully saturated rings. The van der Waals surface area contributed by atoms with Crippen molar-refractivity contribution in [3.05, 3.63) is 54.9 Å². The van der Waals surface area contributed by atoms with Gasteiger partial charge in [-0.2, -0.15) is 0 Å². The molecule has 1 aliphatic rings. The molecular weight excluding hydrogens is 374 g/mol. The number of piperidine rings is 1. The van der Waals surface area contributed by atoms with E-state index in [9.17, 15) is 4.79 Å². The highest BCUT2D eigenvalue weighted by atomic mass is 16.2. The molecule has 1 saturated heterocycles. The predicted molar refractivity (Wildman–Crippen MR) is 123 cm³/mol.